The fraction of sp³-hybridized carbons (Fsp3) is 0.400. The number of nitrogens with zero attached hydrogens (tertiary/aromatic N) is 1. The molecule has 0 saturated heterocycles. The molecule has 2 rings (SSSR count). The van der Waals surface area contributed by atoms with Crippen molar-refractivity contribution in [1.82, 2.24) is 4.98 Å². The lowest BCUT2D eigenvalue weighted by Gasteiger charge is -2.01. The van der Waals surface area contributed by atoms with Gasteiger partial charge in [-0.25, -0.2) is 0 Å². The van der Waals surface area contributed by atoms with Gasteiger partial charge in [0.15, 0.2) is 0 Å². The first-order chi connectivity index (χ1) is 7.77. The average molecular weight is 217 g/mol. The summed E-state index contributed by atoms with van der Waals surface area (Å²) in [6.45, 7) is 12.1. The number of benzene rings is 1. The van der Waals surface area contributed by atoms with Crippen LogP contribution < -0.4 is 0 Å². The first kappa shape index (κ1) is 14.6. The van der Waals surface area contributed by atoms with Gasteiger partial charge in [-0.1, -0.05) is 45.9 Å². The van der Waals surface area contributed by atoms with Crippen molar-refractivity contribution in [3.63, 3.8) is 0 Å². The summed E-state index contributed by atoms with van der Waals surface area (Å²) in [5.41, 5.74) is 3.49. The van der Waals surface area contributed by atoms with Crippen LogP contribution in [0.15, 0.2) is 30.3 Å². The Morgan fingerprint density at radius 1 is 0.875 bits per heavy atom. The zero-order chi connectivity index (χ0) is 12.6. The molecule has 2 aromatic rings. The van der Waals surface area contributed by atoms with Gasteiger partial charge in [0, 0.05) is 11.1 Å². The summed E-state index contributed by atoms with van der Waals surface area (Å²) in [4.78, 5) is 4.44. The number of pyridine rings is 1. The Bertz CT molecular complexity index is 419. The molecule has 0 atom stereocenters. The molecule has 1 nitrogen and oxygen atoms in total. The molecule has 0 aliphatic heterocycles. The van der Waals surface area contributed by atoms with E-state index >= 15 is 0 Å². The van der Waals surface area contributed by atoms with Crippen LogP contribution in [0.5, 0.6) is 0 Å². The van der Waals surface area contributed by atoms with E-state index in [1.54, 1.807) is 0 Å². The maximum atomic E-state index is 4.44. The third kappa shape index (κ3) is 3.65. The van der Waals surface area contributed by atoms with E-state index in [1.807, 2.05) is 46.8 Å². The van der Waals surface area contributed by atoms with Crippen molar-refractivity contribution in [2.24, 2.45) is 0 Å². The van der Waals surface area contributed by atoms with Gasteiger partial charge in [0.1, 0.15) is 0 Å². The molecule has 0 fully saturated rings. The van der Waals surface area contributed by atoms with Crippen molar-refractivity contribution < 1.29 is 0 Å². The van der Waals surface area contributed by atoms with Gasteiger partial charge in [0.25, 0.3) is 0 Å². The fourth-order valence-electron chi connectivity index (χ4n) is 1.52. The van der Waals surface area contributed by atoms with Gasteiger partial charge >= 0.3 is 0 Å². The largest absolute Gasteiger partial charge is 0.253 e. The van der Waals surface area contributed by atoms with Crippen LogP contribution >= 0.6 is 0 Å². The Labute approximate surface area is 99.5 Å². The lowest BCUT2D eigenvalue weighted by atomic mass is 10.1. The zero-order valence-corrected chi connectivity index (χ0v) is 11.3. The van der Waals surface area contributed by atoms with Crippen LogP contribution in [0.2, 0.25) is 0 Å². The Hall–Kier alpha value is -1.37. The van der Waals surface area contributed by atoms with Gasteiger partial charge in [-0.15, -0.1) is 0 Å². The normalized spacial score (nSPS) is 8.62. The standard InChI is InChI=1S/C11H11N.2C2H6/c1-8-7-9(2)12-11-6-4-3-5-10(8)11;2*1-2/h3-7H,1-2H3;2*1-2H3. The topological polar surface area (TPSA) is 12.9 Å². The summed E-state index contributed by atoms with van der Waals surface area (Å²) in [5.74, 6) is 0. The molecule has 0 saturated carbocycles. The molecule has 16 heavy (non-hydrogen) atoms. The summed E-state index contributed by atoms with van der Waals surface area (Å²) in [7, 11) is 0. The molecule has 0 unspecified atom stereocenters. The highest BCUT2D eigenvalue weighted by Crippen LogP contribution is 2.16. The van der Waals surface area contributed by atoms with E-state index in [0.717, 1.165) is 11.2 Å². The van der Waals surface area contributed by atoms with E-state index in [1.165, 1.54) is 10.9 Å². The van der Waals surface area contributed by atoms with E-state index < -0.39 is 0 Å². The minimum Gasteiger partial charge on any atom is -0.253 e. The highest BCUT2D eigenvalue weighted by molar-refractivity contribution is 5.81. The van der Waals surface area contributed by atoms with Crippen LogP contribution in [0.3, 0.4) is 0 Å². The van der Waals surface area contributed by atoms with Crippen LogP contribution in [-0.2, 0) is 0 Å². The van der Waals surface area contributed by atoms with Crippen LogP contribution in [0.1, 0.15) is 39.0 Å². The third-order valence-corrected chi connectivity index (χ3v) is 2.05. The molecule has 88 valence electrons. The quantitative estimate of drug-likeness (QED) is 0.611. The van der Waals surface area contributed by atoms with Gasteiger partial charge in [-0.3, -0.25) is 4.98 Å². The molecule has 0 aliphatic carbocycles. The second-order valence-corrected chi connectivity index (χ2v) is 3.10. The van der Waals surface area contributed by atoms with E-state index in [0.29, 0.717) is 0 Å². The van der Waals surface area contributed by atoms with Gasteiger partial charge < -0.3 is 0 Å². The number of para-hydroxylation sites is 1. The van der Waals surface area contributed by atoms with Gasteiger partial charge in [0.2, 0.25) is 0 Å². The minimum absolute atomic E-state index is 1.09. The predicted molar refractivity (Wildman–Crippen MR) is 73.9 cm³/mol. The first-order valence-corrected chi connectivity index (χ1v) is 6.10. The maximum Gasteiger partial charge on any atom is 0.0707 e. The monoisotopic (exact) mass is 217 g/mol. The smallest absolute Gasteiger partial charge is 0.0707 e. The second kappa shape index (κ2) is 7.86. The van der Waals surface area contributed by atoms with Crippen molar-refractivity contribution in [3.05, 3.63) is 41.6 Å². The Kier molecular flexibility index (Phi) is 7.19. The fourth-order valence-corrected chi connectivity index (χ4v) is 1.52. The highest BCUT2D eigenvalue weighted by Gasteiger charge is 1.97. The van der Waals surface area contributed by atoms with Gasteiger partial charge in [-0.2, -0.15) is 0 Å². The molecule has 0 radical (unpaired) electrons. The number of aryl methyl sites for hydroxylation is 2. The Morgan fingerprint density at radius 3 is 2.06 bits per heavy atom. The average Bonchev–Trinajstić information content (AvgIpc) is 2.34. The minimum atomic E-state index is 1.09. The third-order valence-electron chi connectivity index (χ3n) is 2.05. The molecule has 1 heteroatoms. The number of hydrogen-bond donors (Lipinski definition) is 0. The molecule has 1 heterocycles. The van der Waals surface area contributed by atoms with E-state index in [2.05, 4.69) is 30.1 Å². The van der Waals surface area contributed by atoms with Gasteiger partial charge in [0.05, 0.1) is 5.52 Å². The number of hydrogen-bond acceptors (Lipinski definition) is 1. The van der Waals surface area contributed by atoms with Crippen LogP contribution in [0, 0.1) is 13.8 Å². The molecule has 0 amide bonds. The Morgan fingerprint density at radius 2 is 1.44 bits per heavy atom. The number of aromatic nitrogens is 1. The summed E-state index contributed by atoms with van der Waals surface area (Å²) < 4.78 is 0. The summed E-state index contributed by atoms with van der Waals surface area (Å²) in [6, 6.07) is 10.3. The molecule has 0 spiro atoms. The molecular formula is C15H23N. The van der Waals surface area contributed by atoms with Gasteiger partial charge in [-0.05, 0) is 31.5 Å². The number of rotatable bonds is 0. The van der Waals surface area contributed by atoms with E-state index in [4.69, 9.17) is 0 Å². The predicted octanol–water partition coefficient (Wildman–Crippen LogP) is 4.90. The lowest BCUT2D eigenvalue weighted by molar-refractivity contribution is 1.23. The van der Waals surface area contributed by atoms with Crippen LogP contribution in [-0.4, -0.2) is 4.98 Å². The second-order valence-electron chi connectivity index (χ2n) is 3.10. The lowest BCUT2D eigenvalue weighted by Crippen LogP contribution is -1.85. The number of fused-ring (bicyclic) bond motifs is 1. The van der Waals surface area contributed by atoms with Crippen molar-refractivity contribution in [2.45, 2.75) is 41.5 Å². The first-order valence-electron chi connectivity index (χ1n) is 6.10. The molecule has 0 aliphatic rings. The molecule has 1 aromatic carbocycles. The van der Waals surface area contributed by atoms with E-state index in [9.17, 15) is 0 Å². The maximum absolute atomic E-state index is 4.44. The van der Waals surface area contributed by atoms with Crippen molar-refractivity contribution in [3.8, 4) is 0 Å². The van der Waals surface area contributed by atoms with Crippen LogP contribution in [0.4, 0.5) is 0 Å². The Balaban J connectivity index is 0.000000509. The summed E-state index contributed by atoms with van der Waals surface area (Å²) in [5, 5.41) is 1.25. The molecule has 0 bridgehead atoms. The van der Waals surface area contributed by atoms with Crippen molar-refractivity contribution in [2.75, 3.05) is 0 Å². The highest BCUT2D eigenvalue weighted by atomic mass is 14.7. The zero-order valence-electron chi connectivity index (χ0n) is 11.3. The molecule has 0 N–H and O–H groups in total. The molecular weight excluding hydrogens is 194 g/mol. The van der Waals surface area contributed by atoms with Crippen molar-refractivity contribution in [1.29, 1.82) is 0 Å². The molecule has 1 aromatic heterocycles. The van der Waals surface area contributed by atoms with Crippen LogP contribution in [0.25, 0.3) is 10.9 Å². The van der Waals surface area contributed by atoms with Crippen molar-refractivity contribution >= 4 is 10.9 Å². The summed E-state index contributed by atoms with van der Waals surface area (Å²) in [6.07, 6.45) is 0. The van der Waals surface area contributed by atoms with E-state index in [-0.39, 0.29) is 0 Å². The summed E-state index contributed by atoms with van der Waals surface area (Å²) >= 11 is 0. The SMILES string of the molecule is CC.CC.Cc1cc(C)c2ccccc2n1.